The first-order valence-corrected chi connectivity index (χ1v) is 9.76. The van der Waals surface area contributed by atoms with Crippen LogP contribution in [0.3, 0.4) is 0 Å². The van der Waals surface area contributed by atoms with Gasteiger partial charge >= 0.3 is 0 Å². The Kier molecular flexibility index (Phi) is 4.99. The van der Waals surface area contributed by atoms with Crippen LogP contribution < -0.4 is 5.32 Å². The average Bonchev–Trinajstić information content (AvgIpc) is 3.06. The number of H-pyrrole nitrogens is 1. The van der Waals surface area contributed by atoms with Gasteiger partial charge in [0, 0.05) is 28.7 Å². The molecule has 1 aromatic heterocycles. The zero-order valence-electron chi connectivity index (χ0n) is 16.1. The van der Waals surface area contributed by atoms with Crippen molar-refractivity contribution in [2.45, 2.75) is 31.7 Å². The molecule has 1 aliphatic rings. The molecular weight excluding hydrogens is 334 g/mol. The Morgan fingerprint density at radius 1 is 1.11 bits per heavy atom. The lowest BCUT2D eigenvalue weighted by molar-refractivity contribution is 0.0942. The van der Waals surface area contributed by atoms with Crippen LogP contribution in [0, 0.1) is 0 Å². The van der Waals surface area contributed by atoms with Gasteiger partial charge in [0.25, 0.3) is 5.91 Å². The normalized spacial score (nSPS) is 14.9. The fraction of sp³-hybridized carbons (Fsp3) is 0.348. The van der Waals surface area contributed by atoms with E-state index < -0.39 is 0 Å². The molecule has 0 fully saturated rings. The highest BCUT2D eigenvalue weighted by molar-refractivity contribution is 5.99. The van der Waals surface area contributed by atoms with Crippen LogP contribution in [-0.4, -0.2) is 36.4 Å². The number of aryl methyl sites for hydroxylation is 2. The van der Waals surface area contributed by atoms with Crippen LogP contribution in [0.15, 0.2) is 48.5 Å². The minimum atomic E-state index is -0.00885. The first kappa shape index (κ1) is 17.8. The second kappa shape index (κ2) is 7.57. The molecule has 3 aromatic rings. The summed E-state index contributed by atoms with van der Waals surface area (Å²) in [6.07, 6.45) is 4.71. The SMILES string of the molecule is CN(C)C(CNC(=O)c1ccc2[nH]c3c(c2c1)CCCC3)c1ccccc1. The van der Waals surface area contributed by atoms with Crippen LogP contribution in [0.25, 0.3) is 10.9 Å². The number of likely N-dealkylation sites (N-methyl/N-ethyl adjacent to an activating group) is 1. The van der Waals surface area contributed by atoms with E-state index in [9.17, 15) is 4.79 Å². The molecule has 27 heavy (non-hydrogen) atoms. The molecule has 0 bridgehead atoms. The molecule has 4 nitrogen and oxygen atoms in total. The molecule has 0 radical (unpaired) electrons. The third-order valence-electron chi connectivity index (χ3n) is 5.62. The van der Waals surface area contributed by atoms with Gasteiger partial charge < -0.3 is 15.2 Å². The molecule has 2 N–H and O–H groups in total. The molecule has 0 aliphatic heterocycles. The molecule has 1 aliphatic carbocycles. The maximum atomic E-state index is 12.8. The Bertz CT molecular complexity index is 943. The van der Waals surface area contributed by atoms with E-state index in [0.29, 0.717) is 6.54 Å². The number of amides is 1. The van der Waals surface area contributed by atoms with Gasteiger partial charge in [-0.3, -0.25) is 4.79 Å². The summed E-state index contributed by atoms with van der Waals surface area (Å²) < 4.78 is 0. The summed E-state index contributed by atoms with van der Waals surface area (Å²) in [6, 6.07) is 16.5. The van der Waals surface area contributed by atoms with E-state index in [1.807, 2.05) is 44.4 Å². The van der Waals surface area contributed by atoms with Crippen molar-refractivity contribution in [1.82, 2.24) is 15.2 Å². The summed E-state index contributed by atoms with van der Waals surface area (Å²) in [6.45, 7) is 0.582. The van der Waals surface area contributed by atoms with Gasteiger partial charge in [-0.2, -0.15) is 0 Å². The van der Waals surface area contributed by atoms with Crippen molar-refractivity contribution >= 4 is 16.8 Å². The zero-order chi connectivity index (χ0) is 18.8. The van der Waals surface area contributed by atoms with E-state index in [4.69, 9.17) is 0 Å². The largest absolute Gasteiger partial charge is 0.358 e. The van der Waals surface area contributed by atoms with Gasteiger partial charge in [0.1, 0.15) is 0 Å². The van der Waals surface area contributed by atoms with Crippen LogP contribution in [0.4, 0.5) is 0 Å². The Balaban J connectivity index is 1.52. The molecule has 0 spiro atoms. The number of nitrogens with one attached hydrogen (secondary N) is 2. The van der Waals surface area contributed by atoms with E-state index in [1.54, 1.807) is 0 Å². The van der Waals surface area contributed by atoms with E-state index in [1.165, 1.54) is 35.0 Å². The molecule has 1 heterocycles. The van der Waals surface area contributed by atoms with Crippen molar-refractivity contribution in [2.24, 2.45) is 0 Å². The van der Waals surface area contributed by atoms with Gasteiger partial charge in [-0.25, -0.2) is 0 Å². The number of aromatic amines is 1. The molecule has 0 saturated heterocycles. The number of nitrogens with zero attached hydrogens (tertiary/aromatic N) is 1. The average molecular weight is 361 g/mol. The van der Waals surface area contributed by atoms with Gasteiger partial charge in [0.05, 0.1) is 6.04 Å². The first-order valence-electron chi connectivity index (χ1n) is 9.76. The van der Waals surface area contributed by atoms with Crippen molar-refractivity contribution in [3.05, 3.63) is 70.9 Å². The van der Waals surface area contributed by atoms with Crippen molar-refractivity contribution in [3.63, 3.8) is 0 Å². The number of carbonyl (C=O) groups is 1. The van der Waals surface area contributed by atoms with Crippen LogP contribution in [0.5, 0.6) is 0 Å². The molecule has 1 amide bonds. The second-order valence-electron chi connectivity index (χ2n) is 7.65. The van der Waals surface area contributed by atoms with E-state index in [-0.39, 0.29) is 11.9 Å². The lowest BCUT2D eigenvalue weighted by Gasteiger charge is -2.25. The number of hydrogen-bond acceptors (Lipinski definition) is 2. The number of hydrogen-bond donors (Lipinski definition) is 2. The first-order chi connectivity index (χ1) is 13.1. The lowest BCUT2D eigenvalue weighted by Crippen LogP contribution is -2.34. The topological polar surface area (TPSA) is 48.1 Å². The van der Waals surface area contributed by atoms with Crippen LogP contribution in [0.1, 0.15) is 46.1 Å². The van der Waals surface area contributed by atoms with E-state index >= 15 is 0 Å². The van der Waals surface area contributed by atoms with Gasteiger partial charge in [-0.1, -0.05) is 30.3 Å². The fourth-order valence-electron chi connectivity index (χ4n) is 4.11. The van der Waals surface area contributed by atoms with E-state index in [0.717, 1.165) is 23.9 Å². The summed E-state index contributed by atoms with van der Waals surface area (Å²) in [4.78, 5) is 18.5. The van der Waals surface area contributed by atoms with E-state index in [2.05, 4.69) is 33.4 Å². The Hall–Kier alpha value is -2.59. The maximum Gasteiger partial charge on any atom is 0.251 e. The van der Waals surface area contributed by atoms with Gasteiger partial charge in [-0.15, -0.1) is 0 Å². The summed E-state index contributed by atoms with van der Waals surface area (Å²) in [5.41, 5.74) is 5.85. The number of rotatable bonds is 5. The van der Waals surface area contributed by atoms with Crippen molar-refractivity contribution in [3.8, 4) is 0 Å². The molecular formula is C23H27N3O. The smallest absolute Gasteiger partial charge is 0.251 e. The third-order valence-corrected chi connectivity index (χ3v) is 5.62. The monoisotopic (exact) mass is 361 g/mol. The Morgan fingerprint density at radius 3 is 2.67 bits per heavy atom. The number of fused-ring (bicyclic) bond motifs is 3. The van der Waals surface area contributed by atoms with Crippen molar-refractivity contribution in [2.75, 3.05) is 20.6 Å². The second-order valence-corrected chi connectivity index (χ2v) is 7.65. The number of benzene rings is 2. The van der Waals surface area contributed by atoms with Crippen molar-refractivity contribution in [1.29, 1.82) is 0 Å². The van der Waals surface area contributed by atoms with Crippen molar-refractivity contribution < 1.29 is 4.79 Å². The maximum absolute atomic E-state index is 12.8. The molecule has 0 saturated carbocycles. The lowest BCUT2D eigenvalue weighted by atomic mass is 9.95. The third kappa shape index (κ3) is 3.62. The fourth-order valence-corrected chi connectivity index (χ4v) is 4.11. The molecule has 4 rings (SSSR count). The minimum Gasteiger partial charge on any atom is -0.358 e. The van der Waals surface area contributed by atoms with Gasteiger partial charge in [-0.05, 0) is 69.1 Å². The Morgan fingerprint density at radius 2 is 1.89 bits per heavy atom. The molecule has 1 unspecified atom stereocenters. The summed E-state index contributed by atoms with van der Waals surface area (Å²) >= 11 is 0. The highest BCUT2D eigenvalue weighted by Gasteiger charge is 2.18. The molecule has 1 atom stereocenters. The number of aromatic nitrogens is 1. The van der Waals surface area contributed by atoms with Gasteiger partial charge in [0.15, 0.2) is 0 Å². The highest BCUT2D eigenvalue weighted by Crippen LogP contribution is 2.29. The summed E-state index contributed by atoms with van der Waals surface area (Å²) in [7, 11) is 4.09. The number of carbonyl (C=O) groups excluding carboxylic acids is 1. The van der Waals surface area contributed by atoms with Crippen LogP contribution >= 0.6 is 0 Å². The highest BCUT2D eigenvalue weighted by atomic mass is 16.1. The van der Waals surface area contributed by atoms with Gasteiger partial charge in [0.2, 0.25) is 0 Å². The zero-order valence-corrected chi connectivity index (χ0v) is 16.1. The quantitative estimate of drug-likeness (QED) is 0.719. The van der Waals surface area contributed by atoms with Crippen LogP contribution in [0.2, 0.25) is 0 Å². The predicted octanol–water partition coefficient (Wildman–Crippen LogP) is 4.08. The minimum absolute atomic E-state index is 0.00885. The molecule has 140 valence electrons. The predicted molar refractivity (Wildman–Crippen MR) is 110 cm³/mol. The molecule has 4 heteroatoms. The standard InChI is InChI=1S/C23H27N3O/c1-26(2)22(16-8-4-3-5-9-16)15-24-23(27)17-12-13-21-19(14-17)18-10-6-7-11-20(18)25-21/h3-5,8-9,12-14,22,25H,6-7,10-11,15H2,1-2H3,(H,24,27). The van der Waals surface area contributed by atoms with Crippen LogP contribution in [-0.2, 0) is 12.8 Å². The summed E-state index contributed by atoms with van der Waals surface area (Å²) in [5.74, 6) is -0.00885. The molecule has 2 aromatic carbocycles. The Labute approximate surface area is 160 Å². The summed E-state index contributed by atoms with van der Waals surface area (Å²) in [5, 5.41) is 4.34.